The van der Waals surface area contributed by atoms with E-state index in [1.807, 2.05) is 13.8 Å². The van der Waals surface area contributed by atoms with Gasteiger partial charge in [0.15, 0.2) is 0 Å². The van der Waals surface area contributed by atoms with Crippen molar-refractivity contribution in [2.75, 3.05) is 5.75 Å². The fraction of sp³-hybridized carbons (Fsp3) is 0.800. The maximum absolute atomic E-state index is 11.6. The SMILES string of the molecule is CCC(CC)C(=O)N[C@@H]1CCSC1=O. The molecule has 1 aliphatic heterocycles. The zero-order valence-electron chi connectivity index (χ0n) is 8.71. The fourth-order valence-corrected chi connectivity index (χ4v) is 2.51. The van der Waals surface area contributed by atoms with Crippen molar-refractivity contribution in [3.05, 3.63) is 0 Å². The molecule has 4 heteroatoms. The Hall–Kier alpha value is -0.510. The van der Waals surface area contributed by atoms with E-state index in [1.165, 1.54) is 11.8 Å². The number of thioether (sulfide) groups is 1. The third kappa shape index (κ3) is 2.74. The van der Waals surface area contributed by atoms with Crippen LogP contribution < -0.4 is 5.32 Å². The highest BCUT2D eigenvalue weighted by atomic mass is 32.2. The molecule has 80 valence electrons. The first-order valence-corrected chi connectivity index (χ1v) is 6.14. The van der Waals surface area contributed by atoms with E-state index in [4.69, 9.17) is 0 Å². The van der Waals surface area contributed by atoms with Crippen LogP contribution in [0, 0.1) is 5.92 Å². The Labute approximate surface area is 89.0 Å². The monoisotopic (exact) mass is 215 g/mol. The molecule has 3 nitrogen and oxygen atoms in total. The van der Waals surface area contributed by atoms with E-state index in [0.717, 1.165) is 25.0 Å². The van der Waals surface area contributed by atoms with Gasteiger partial charge in [0.2, 0.25) is 11.0 Å². The van der Waals surface area contributed by atoms with Crippen LogP contribution >= 0.6 is 11.8 Å². The number of carbonyl (C=O) groups is 2. The van der Waals surface area contributed by atoms with Crippen molar-refractivity contribution in [1.82, 2.24) is 5.32 Å². The summed E-state index contributed by atoms with van der Waals surface area (Å²) in [5.41, 5.74) is 0. The highest BCUT2D eigenvalue weighted by Crippen LogP contribution is 2.20. The van der Waals surface area contributed by atoms with Crippen molar-refractivity contribution in [3.8, 4) is 0 Å². The lowest BCUT2D eigenvalue weighted by Crippen LogP contribution is -2.40. The van der Waals surface area contributed by atoms with Crippen LogP contribution in [0.4, 0.5) is 0 Å². The van der Waals surface area contributed by atoms with Crippen molar-refractivity contribution in [3.63, 3.8) is 0 Å². The molecule has 0 radical (unpaired) electrons. The van der Waals surface area contributed by atoms with E-state index in [1.54, 1.807) is 0 Å². The Kier molecular flexibility index (Phi) is 4.45. The fourth-order valence-electron chi connectivity index (χ4n) is 1.58. The molecule has 14 heavy (non-hydrogen) atoms. The number of hydrogen-bond acceptors (Lipinski definition) is 3. The zero-order valence-corrected chi connectivity index (χ0v) is 9.52. The van der Waals surface area contributed by atoms with Gasteiger partial charge in [-0.05, 0) is 19.3 Å². The number of hydrogen-bond donors (Lipinski definition) is 1. The zero-order chi connectivity index (χ0) is 10.6. The van der Waals surface area contributed by atoms with Crippen LogP contribution in [0.15, 0.2) is 0 Å². The third-order valence-electron chi connectivity index (χ3n) is 2.61. The second-order valence-electron chi connectivity index (χ2n) is 3.53. The molecule has 0 bridgehead atoms. The Morgan fingerprint density at radius 1 is 1.57 bits per heavy atom. The number of nitrogens with one attached hydrogen (secondary N) is 1. The molecular weight excluding hydrogens is 198 g/mol. The van der Waals surface area contributed by atoms with Crippen molar-refractivity contribution < 1.29 is 9.59 Å². The molecule has 0 spiro atoms. The van der Waals surface area contributed by atoms with E-state index in [-0.39, 0.29) is 23.0 Å². The third-order valence-corrected chi connectivity index (χ3v) is 3.62. The average molecular weight is 215 g/mol. The van der Waals surface area contributed by atoms with E-state index in [9.17, 15) is 9.59 Å². The second kappa shape index (κ2) is 5.39. The van der Waals surface area contributed by atoms with Gasteiger partial charge in [-0.3, -0.25) is 9.59 Å². The predicted octanol–water partition coefficient (Wildman–Crippen LogP) is 1.57. The maximum Gasteiger partial charge on any atom is 0.223 e. The van der Waals surface area contributed by atoms with Gasteiger partial charge < -0.3 is 5.32 Å². The molecule has 0 aromatic carbocycles. The molecule has 0 aromatic rings. The van der Waals surface area contributed by atoms with E-state index in [0.29, 0.717) is 0 Å². The molecular formula is C10H17NO2S. The highest BCUT2D eigenvalue weighted by Gasteiger charge is 2.28. The molecule has 1 atom stereocenters. The number of amides is 1. The topological polar surface area (TPSA) is 46.2 Å². The smallest absolute Gasteiger partial charge is 0.223 e. The summed E-state index contributed by atoms with van der Waals surface area (Å²) in [4.78, 5) is 22.9. The summed E-state index contributed by atoms with van der Waals surface area (Å²) in [7, 11) is 0. The van der Waals surface area contributed by atoms with Gasteiger partial charge in [-0.2, -0.15) is 0 Å². The molecule has 1 rings (SSSR count). The molecule has 0 saturated carbocycles. The van der Waals surface area contributed by atoms with Crippen molar-refractivity contribution in [2.45, 2.75) is 39.2 Å². The van der Waals surface area contributed by atoms with Crippen molar-refractivity contribution in [2.24, 2.45) is 5.92 Å². The van der Waals surface area contributed by atoms with Crippen LogP contribution in [0.25, 0.3) is 0 Å². The molecule has 1 fully saturated rings. The Balaban J connectivity index is 2.43. The summed E-state index contributed by atoms with van der Waals surface area (Å²) in [6.07, 6.45) is 2.47. The van der Waals surface area contributed by atoms with Gasteiger partial charge in [-0.1, -0.05) is 25.6 Å². The lowest BCUT2D eigenvalue weighted by atomic mass is 10.0. The Morgan fingerprint density at radius 2 is 2.21 bits per heavy atom. The van der Waals surface area contributed by atoms with Gasteiger partial charge in [-0.25, -0.2) is 0 Å². The molecule has 1 aliphatic rings. The minimum atomic E-state index is -0.229. The first-order valence-electron chi connectivity index (χ1n) is 5.16. The minimum absolute atomic E-state index is 0.0378. The summed E-state index contributed by atoms with van der Waals surface area (Å²) in [6.45, 7) is 4.00. The minimum Gasteiger partial charge on any atom is -0.345 e. The molecule has 0 aliphatic carbocycles. The quantitative estimate of drug-likeness (QED) is 0.774. The first kappa shape index (κ1) is 11.6. The summed E-state index contributed by atoms with van der Waals surface area (Å²) in [5.74, 6) is 0.941. The first-order chi connectivity index (χ1) is 6.69. The van der Waals surface area contributed by atoms with Gasteiger partial charge in [0, 0.05) is 11.7 Å². The molecule has 1 amide bonds. The van der Waals surface area contributed by atoms with Crippen LogP contribution in [0.5, 0.6) is 0 Å². The van der Waals surface area contributed by atoms with Crippen LogP contribution in [0.2, 0.25) is 0 Å². The lowest BCUT2D eigenvalue weighted by molar-refractivity contribution is -0.128. The molecule has 0 aromatic heterocycles. The highest BCUT2D eigenvalue weighted by molar-refractivity contribution is 8.14. The van der Waals surface area contributed by atoms with Crippen molar-refractivity contribution >= 4 is 22.8 Å². The van der Waals surface area contributed by atoms with Gasteiger partial charge in [-0.15, -0.1) is 0 Å². The van der Waals surface area contributed by atoms with Gasteiger partial charge in [0.1, 0.15) is 0 Å². The van der Waals surface area contributed by atoms with Gasteiger partial charge >= 0.3 is 0 Å². The Bertz CT molecular complexity index is 226. The number of rotatable bonds is 4. The predicted molar refractivity (Wildman–Crippen MR) is 58.1 cm³/mol. The summed E-state index contributed by atoms with van der Waals surface area (Å²) in [6, 6.07) is -0.229. The van der Waals surface area contributed by atoms with Crippen LogP contribution in [0.3, 0.4) is 0 Å². The molecule has 1 N–H and O–H groups in total. The number of carbonyl (C=O) groups excluding carboxylic acids is 2. The lowest BCUT2D eigenvalue weighted by Gasteiger charge is -2.15. The Morgan fingerprint density at radius 3 is 2.64 bits per heavy atom. The molecule has 0 unspecified atom stereocenters. The van der Waals surface area contributed by atoms with Gasteiger partial charge in [0.25, 0.3) is 0 Å². The average Bonchev–Trinajstić information content (AvgIpc) is 2.54. The normalized spacial score (nSPS) is 21.6. The summed E-state index contributed by atoms with van der Waals surface area (Å²) in [5, 5.41) is 2.94. The maximum atomic E-state index is 11.6. The van der Waals surface area contributed by atoms with Crippen molar-refractivity contribution in [1.29, 1.82) is 0 Å². The van der Waals surface area contributed by atoms with Gasteiger partial charge in [0.05, 0.1) is 6.04 Å². The second-order valence-corrected chi connectivity index (χ2v) is 4.63. The summed E-state index contributed by atoms with van der Waals surface area (Å²) < 4.78 is 0. The standard InChI is InChI=1S/C10H17NO2S/c1-3-7(4-2)9(12)11-8-5-6-14-10(8)13/h7-8H,3-6H2,1-2H3,(H,11,12)/t8-/m1/s1. The largest absolute Gasteiger partial charge is 0.345 e. The van der Waals surface area contributed by atoms with E-state index >= 15 is 0 Å². The molecule has 1 heterocycles. The summed E-state index contributed by atoms with van der Waals surface area (Å²) >= 11 is 1.32. The van der Waals surface area contributed by atoms with Crippen LogP contribution in [-0.2, 0) is 9.59 Å². The van der Waals surface area contributed by atoms with Crippen LogP contribution in [0.1, 0.15) is 33.1 Å². The molecule has 1 saturated heterocycles. The van der Waals surface area contributed by atoms with E-state index in [2.05, 4.69) is 5.32 Å². The van der Waals surface area contributed by atoms with E-state index < -0.39 is 0 Å². The van der Waals surface area contributed by atoms with Crippen LogP contribution in [-0.4, -0.2) is 22.8 Å².